The van der Waals surface area contributed by atoms with Crippen LogP contribution >= 0.6 is 11.8 Å². The second kappa shape index (κ2) is 8.30. The van der Waals surface area contributed by atoms with Crippen LogP contribution in [0, 0.1) is 0 Å². The monoisotopic (exact) mass is 368 g/mol. The van der Waals surface area contributed by atoms with Gasteiger partial charge in [-0.2, -0.15) is 0 Å². The second-order valence-electron chi connectivity index (χ2n) is 5.34. The van der Waals surface area contributed by atoms with Crippen LogP contribution in [0.5, 0.6) is 5.75 Å². The van der Waals surface area contributed by atoms with E-state index >= 15 is 0 Å². The number of thioether (sulfide) groups is 1. The molecule has 8 heteroatoms. The summed E-state index contributed by atoms with van der Waals surface area (Å²) in [5.41, 5.74) is 1.00. The first-order chi connectivity index (χ1) is 12.6. The van der Waals surface area contributed by atoms with Crippen LogP contribution in [0.3, 0.4) is 0 Å². The summed E-state index contributed by atoms with van der Waals surface area (Å²) >= 11 is 1.29. The fourth-order valence-electron chi connectivity index (χ4n) is 2.07. The molecular weight excluding hydrogens is 352 g/mol. The van der Waals surface area contributed by atoms with Crippen molar-refractivity contribution < 1.29 is 14.3 Å². The fourth-order valence-corrected chi connectivity index (χ4v) is 2.76. The molecule has 7 nitrogen and oxygen atoms in total. The lowest BCUT2D eigenvalue weighted by Crippen LogP contribution is -2.15. The Morgan fingerprint density at radius 1 is 1.12 bits per heavy atom. The summed E-state index contributed by atoms with van der Waals surface area (Å²) in [4.78, 5) is 24.1. The molecule has 0 radical (unpaired) electrons. The first-order valence-corrected chi connectivity index (χ1v) is 8.74. The molecule has 1 aromatic heterocycles. The summed E-state index contributed by atoms with van der Waals surface area (Å²) in [6.45, 7) is 0. The van der Waals surface area contributed by atoms with Gasteiger partial charge < -0.3 is 14.6 Å². The van der Waals surface area contributed by atoms with Crippen molar-refractivity contribution in [1.29, 1.82) is 0 Å². The predicted molar refractivity (Wildman–Crippen MR) is 98.2 cm³/mol. The topological polar surface area (TPSA) is 86.1 Å². The highest BCUT2D eigenvalue weighted by atomic mass is 32.2. The molecule has 0 saturated heterocycles. The number of ether oxygens (including phenoxy) is 1. The smallest absolute Gasteiger partial charge is 0.343 e. The molecule has 2 aromatic carbocycles. The van der Waals surface area contributed by atoms with Crippen LogP contribution in [0.2, 0.25) is 0 Å². The van der Waals surface area contributed by atoms with Gasteiger partial charge in [-0.3, -0.25) is 4.79 Å². The summed E-state index contributed by atoms with van der Waals surface area (Å²) in [5.74, 6) is 0.0739. The number of benzene rings is 2. The lowest BCUT2D eigenvalue weighted by Gasteiger charge is -2.07. The van der Waals surface area contributed by atoms with E-state index < -0.39 is 5.97 Å². The van der Waals surface area contributed by atoms with Crippen molar-refractivity contribution >= 4 is 29.3 Å². The number of nitrogens with one attached hydrogen (secondary N) is 1. The van der Waals surface area contributed by atoms with Gasteiger partial charge in [0.25, 0.3) is 0 Å². The van der Waals surface area contributed by atoms with Gasteiger partial charge in [0.15, 0.2) is 5.16 Å². The number of hydrogen-bond acceptors (Lipinski definition) is 6. The van der Waals surface area contributed by atoms with Crippen molar-refractivity contribution in [3.63, 3.8) is 0 Å². The number of para-hydroxylation sites is 1. The predicted octanol–water partition coefficient (Wildman–Crippen LogP) is 2.77. The Morgan fingerprint density at radius 2 is 1.85 bits per heavy atom. The summed E-state index contributed by atoms with van der Waals surface area (Å²) in [6, 6.07) is 15.4. The van der Waals surface area contributed by atoms with Crippen LogP contribution in [0.15, 0.2) is 66.1 Å². The molecule has 0 spiro atoms. The minimum Gasteiger partial charge on any atom is -0.423 e. The Labute approximate surface area is 154 Å². The normalized spacial score (nSPS) is 10.3. The quantitative estimate of drug-likeness (QED) is 0.409. The third kappa shape index (κ3) is 4.70. The van der Waals surface area contributed by atoms with Gasteiger partial charge in [-0.25, -0.2) is 4.79 Å². The third-order valence-corrected chi connectivity index (χ3v) is 4.39. The Balaban J connectivity index is 1.53. The molecule has 1 amide bonds. The Bertz CT molecular complexity index is 894. The SMILES string of the molecule is Cn1cnnc1SCC(=O)Nc1ccc(C(=O)Oc2ccccc2)cc1. The first-order valence-electron chi connectivity index (χ1n) is 7.76. The van der Waals surface area contributed by atoms with Crippen LogP contribution in [0.4, 0.5) is 5.69 Å². The van der Waals surface area contributed by atoms with Crippen molar-refractivity contribution in [2.75, 3.05) is 11.1 Å². The standard InChI is InChI=1S/C18H16N4O3S/c1-22-12-19-21-18(22)26-11-16(23)20-14-9-7-13(8-10-14)17(24)25-15-5-3-2-4-6-15/h2-10,12H,11H2,1H3,(H,20,23). The van der Waals surface area contributed by atoms with E-state index in [9.17, 15) is 9.59 Å². The molecule has 0 aliphatic heterocycles. The summed E-state index contributed by atoms with van der Waals surface area (Å²) in [6.07, 6.45) is 1.58. The summed E-state index contributed by atoms with van der Waals surface area (Å²) in [5, 5.41) is 11.1. The third-order valence-electron chi connectivity index (χ3n) is 3.36. The van der Waals surface area contributed by atoms with Crippen molar-refractivity contribution in [2.45, 2.75) is 5.16 Å². The molecule has 3 aromatic rings. The molecule has 0 unspecified atom stereocenters. The van der Waals surface area contributed by atoms with Gasteiger partial charge in [-0.1, -0.05) is 30.0 Å². The zero-order valence-electron chi connectivity index (χ0n) is 14.0. The largest absolute Gasteiger partial charge is 0.423 e. The van der Waals surface area contributed by atoms with Gasteiger partial charge in [0.1, 0.15) is 12.1 Å². The Morgan fingerprint density at radius 3 is 2.50 bits per heavy atom. The Kier molecular flexibility index (Phi) is 5.65. The van der Waals surface area contributed by atoms with Gasteiger partial charge in [-0.05, 0) is 36.4 Å². The fraction of sp³-hybridized carbons (Fsp3) is 0.111. The molecule has 1 N–H and O–H groups in total. The van der Waals surface area contributed by atoms with E-state index in [0.717, 1.165) is 0 Å². The molecule has 0 aliphatic carbocycles. The number of aryl methyl sites for hydroxylation is 1. The Hall–Kier alpha value is -3.13. The minimum absolute atomic E-state index is 0.169. The molecule has 0 atom stereocenters. The van der Waals surface area contributed by atoms with E-state index in [4.69, 9.17) is 4.74 Å². The molecule has 3 rings (SSSR count). The van der Waals surface area contributed by atoms with E-state index in [2.05, 4.69) is 15.5 Å². The highest BCUT2D eigenvalue weighted by Crippen LogP contribution is 2.16. The van der Waals surface area contributed by atoms with Gasteiger partial charge in [-0.15, -0.1) is 10.2 Å². The number of aromatic nitrogens is 3. The van der Waals surface area contributed by atoms with Crippen molar-refractivity contribution in [2.24, 2.45) is 7.05 Å². The molecule has 0 aliphatic rings. The molecular formula is C18H16N4O3S. The van der Waals surface area contributed by atoms with Crippen LogP contribution in [-0.2, 0) is 11.8 Å². The zero-order valence-corrected chi connectivity index (χ0v) is 14.8. The highest BCUT2D eigenvalue weighted by molar-refractivity contribution is 7.99. The number of anilines is 1. The van der Waals surface area contributed by atoms with E-state index in [0.29, 0.717) is 22.2 Å². The molecule has 0 bridgehead atoms. The van der Waals surface area contributed by atoms with Crippen LogP contribution < -0.4 is 10.1 Å². The maximum Gasteiger partial charge on any atom is 0.343 e. The molecule has 26 heavy (non-hydrogen) atoms. The van der Waals surface area contributed by atoms with Crippen LogP contribution in [0.1, 0.15) is 10.4 Å². The number of esters is 1. The van der Waals surface area contributed by atoms with E-state index in [1.165, 1.54) is 11.8 Å². The summed E-state index contributed by atoms with van der Waals surface area (Å²) < 4.78 is 7.01. The van der Waals surface area contributed by atoms with Gasteiger partial charge in [0.05, 0.1) is 11.3 Å². The number of carbonyl (C=O) groups is 2. The number of carbonyl (C=O) groups excluding carboxylic acids is 2. The van der Waals surface area contributed by atoms with E-state index in [-0.39, 0.29) is 11.7 Å². The first kappa shape index (κ1) is 17.7. The number of amides is 1. The molecule has 0 saturated carbocycles. The number of rotatable bonds is 6. The van der Waals surface area contributed by atoms with Crippen molar-refractivity contribution in [3.8, 4) is 5.75 Å². The molecule has 132 valence electrons. The molecule has 0 fully saturated rings. The summed E-state index contributed by atoms with van der Waals surface area (Å²) in [7, 11) is 1.81. The minimum atomic E-state index is -0.452. The second-order valence-corrected chi connectivity index (χ2v) is 6.28. The maximum absolute atomic E-state index is 12.1. The average molecular weight is 368 g/mol. The van der Waals surface area contributed by atoms with Crippen LogP contribution in [-0.4, -0.2) is 32.4 Å². The number of nitrogens with zero attached hydrogens (tertiary/aromatic N) is 3. The van der Waals surface area contributed by atoms with Gasteiger partial charge in [0, 0.05) is 12.7 Å². The highest BCUT2D eigenvalue weighted by Gasteiger charge is 2.10. The van der Waals surface area contributed by atoms with Crippen molar-refractivity contribution in [3.05, 3.63) is 66.5 Å². The lowest BCUT2D eigenvalue weighted by atomic mass is 10.2. The van der Waals surface area contributed by atoms with Gasteiger partial charge in [0.2, 0.25) is 5.91 Å². The van der Waals surface area contributed by atoms with Crippen molar-refractivity contribution in [1.82, 2.24) is 14.8 Å². The lowest BCUT2D eigenvalue weighted by molar-refractivity contribution is -0.113. The number of hydrogen-bond donors (Lipinski definition) is 1. The van der Waals surface area contributed by atoms with Gasteiger partial charge >= 0.3 is 5.97 Å². The van der Waals surface area contributed by atoms with Crippen LogP contribution in [0.25, 0.3) is 0 Å². The maximum atomic E-state index is 12.1. The van der Waals surface area contributed by atoms with E-state index in [1.54, 1.807) is 59.4 Å². The van der Waals surface area contributed by atoms with E-state index in [1.807, 2.05) is 13.1 Å². The zero-order chi connectivity index (χ0) is 18.4. The molecule has 1 heterocycles. The average Bonchev–Trinajstić information content (AvgIpc) is 3.06.